The molecular formula is C13H13N3O2S2. The summed E-state index contributed by atoms with van der Waals surface area (Å²) >= 11 is 2.90. The topological polar surface area (TPSA) is 78.9 Å². The molecule has 0 bridgehead atoms. The second-order valence-corrected chi connectivity index (χ2v) is 5.93. The van der Waals surface area contributed by atoms with Crippen LogP contribution in [0.1, 0.15) is 5.56 Å². The normalized spacial score (nSPS) is 10.6. The van der Waals surface area contributed by atoms with Gasteiger partial charge in [0, 0.05) is 12.3 Å². The number of aromatic nitrogens is 2. The molecule has 104 valence electrons. The van der Waals surface area contributed by atoms with Crippen molar-refractivity contribution in [3.05, 3.63) is 23.8 Å². The number of rotatable bonds is 6. The Balaban J connectivity index is 2.48. The van der Waals surface area contributed by atoms with Gasteiger partial charge in [0.05, 0.1) is 16.8 Å². The van der Waals surface area contributed by atoms with Gasteiger partial charge in [0.2, 0.25) is 0 Å². The number of nitrogens with zero attached hydrogens (tertiary/aromatic N) is 3. The number of carboxylic acid groups (broad SMARTS) is 1. The van der Waals surface area contributed by atoms with Crippen LogP contribution in [-0.2, 0) is 11.3 Å². The first kappa shape index (κ1) is 14.8. The summed E-state index contributed by atoms with van der Waals surface area (Å²) in [4.78, 5) is 15.2. The van der Waals surface area contributed by atoms with E-state index in [1.54, 1.807) is 17.8 Å². The summed E-state index contributed by atoms with van der Waals surface area (Å²) in [5.74, 6) is -0.00754. The third-order valence-corrected chi connectivity index (χ3v) is 4.26. The molecule has 0 unspecified atom stereocenters. The van der Waals surface area contributed by atoms with Gasteiger partial charge in [0.1, 0.15) is 11.6 Å². The maximum absolute atomic E-state index is 10.7. The van der Waals surface area contributed by atoms with Gasteiger partial charge in [-0.25, -0.2) is 4.98 Å². The van der Waals surface area contributed by atoms with E-state index < -0.39 is 5.97 Å². The second kappa shape index (κ2) is 6.68. The van der Waals surface area contributed by atoms with Crippen LogP contribution in [0.2, 0.25) is 0 Å². The minimum absolute atomic E-state index is 0.0372. The summed E-state index contributed by atoms with van der Waals surface area (Å²) in [5, 5.41) is 18.6. The van der Waals surface area contributed by atoms with Crippen molar-refractivity contribution in [1.29, 1.82) is 5.26 Å². The average Bonchev–Trinajstić information content (AvgIpc) is 2.80. The average molecular weight is 307 g/mol. The summed E-state index contributed by atoms with van der Waals surface area (Å²) in [7, 11) is 0. The van der Waals surface area contributed by atoms with E-state index in [9.17, 15) is 4.79 Å². The molecule has 1 N–H and O–H groups in total. The number of carbonyl (C=O) groups is 1. The van der Waals surface area contributed by atoms with E-state index >= 15 is 0 Å². The zero-order chi connectivity index (χ0) is 14.5. The minimum atomic E-state index is -0.876. The Morgan fingerprint density at radius 3 is 3.00 bits per heavy atom. The molecule has 0 aliphatic carbocycles. The number of thioether (sulfide) groups is 2. The van der Waals surface area contributed by atoms with Crippen LogP contribution in [0, 0.1) is 11.3 Å². The smallest absolute Gasteiger partial charge is 0.313 e. The van der Waals surface area contributed by atoms with Crippen molar-refractivity contribution in [3.8, 4) is 6.07 Å². The quantitative estimate of drug-likeness (QED) is 0.826. The lowest BCUT2D eigenvalue weighted by molar-refractivity contribution is -0.133. The molecule has 0 amide bonds. The molecule has 2 rings (SSSR count). The number of para-hydroxylation sites is 1. The molecule has 0 aliphatic heterocycles. The lowest BCUT2D eigenvalue weighted by Gasteiger charge is -2.06. The Morgan fingerprint density at radius 2 is 2.35 bits per heavy atom. The zero-order valence-electron chi connectivity index (χ0n) is 10.9. The van der Waals surface area contributed by atoms with Crippen LogP contribution < -0.4 is 0 Å². The molecule has 5 nitrogen and oxygen atoms in total. The molecule has 0 fully saturated rings. The maximum atomic E-state index is 10.7. The van der Waals surface area contributed by atoms with Crippen LogP contribution >= 0.6 is 23.5 Å². The van der Waals surface area contributed by atoms with Crippen LogP contribution in [0.4, 0.5) is 0 Å². The number of hydrogen-bond acceptors (Lipinski definition) is 5. The first-order chi connectivity index (χ1) is 9.67. The van der Waals surface area contributed by atoms with Gasteiger partial charge in [0.25, 0.3) is 0 Å². The van der Waals surface area contributed by atoms with Crippen molar-refractivity contribution < 1.29 is 9.90 Å². The second-order valence-electron chi connectivity index (χ2n) is 4.01. The number of aryl methyl sites for hydroxylation is 1. The number of aliphatic carboxylic acids is 1. The minimum Gasteiger partial charge on any atom is -0.481 e. The van der Waals surface area contributed by atoms with Gasteiger partial charge in [-0.05, 0) is 18.4 Å². The summed E-state index contributed by atoms with van der Waals surface area (Å²) in [6.45, 7) is 0.745. The predicted molar refractivity (Wildman–Crippen MR) is 81.2 cm³/mol. The molecule has 2 aromatic rings. The molecule has 1 aromatic carbocycles. The van der Waals surface area contributed by atoms with Crippen molar-refractivity contribution in [2.75, 3.05) is 17.8 Å². The monoisotopic (exact) mass is 307 g/mol. The van der Waals surface area contributed by atoms with Crippen molar-refractivity contribution in [3.63, 3.8) is 0 Å². The number of benzene rings is 1. The van der Waals surface area contributed by atoms with Gasteiger partial charge in [-0.3, -0.25) is 4.79 Å². The van der Waals surface area contributed by atoms with Crippen molar-refractivity contribution >= 4 is 40.5 Å². The van der Waals surface area contributed by atoms with Crippen molar-refractivity contribution in [2.45, 2.75) is 11.7 Å². The number of hydrogen-bond donors (Lipinski definition) is 1. The van der Waals surface area contributed by atoms with Crippen molar-refractivity contribution in [2.24, 2.45) is 0 Å². The van der Waals surface area contributed by atoms with Crippen LogP contribution in [0.5, 0.6) is 0 Å². The van der Waals surface area contributed by atoms with Crippen LogP contribution in [0.3, 0.4) is 0 Å². The van der Waals surface area contributed by atoms with E-state index in [0.29, 0.717) is 16.2 Å². The maximum Gasteiger partial charge on any atom is 0.313 e. The first-order valence-electron chi connectivity index (χ1n) is 5.90. The molecule has 0 saturated heterocycles. The van der Waals surface area contributed by atoms with Gasteiger partial charge < -0.3 is 9.67 Å². The molecule has 0 spiro atoms. The molecule has 0 aliphatic rings. The number of fused-ring (bicyclic) bond motifs is 1. The van der Waals surface area contributed by atoms with E-state index in [4.69, 9.17) is 10.4 Å². The van der Waals surface area contributed by atoms with Gasteiger partial charge in [-0.2, -0.15) is 17.0 Å². The molecule has 1 aromatic heterocycles. The largest absolute Gasteiger partial charge is 0.481 e. The zero-order valence-corrected chi connectivity index (χ0v) is 12.5. The van der Waals surface area contributed by atoms with Gasteiger partial charge in [-0.1, -0.05) is 17.8 Å². The Labute approximate surface area is 125 Å². The predicted octanol–water partition coefficient (Wildman–Crippen LogP) is 2.45. The van der Waals surface area contributed by atoms with Gasteiger partial charge in [0.15, 0.2) is 5.16 Å². The molecule has 0 atom stereocenters. The standard InChI is InChI=1S/C13H13N3O2S2/c1-19-6-5-16-10-4-2-3-9(7-14)12(10)15-13(16)20-8-11(17)18/h2-4H,5-6,8H2,1H3,(H,17,18). The van der Waals surface area contributed by atoms with E-state index in [1.807, 2.05) is 23.0 Å². The van der Waals surface area contributed by atoms with E-state index in [1.165, 1.54) is 11.8 Å². The third-order valence-electron chi connectivity index (χ3n) is 2.71. The summed E-state index contributed by atoms with van der Waals surface area (Å²) < 4.78 is 1.99. The highest BCUT2D eigenvalue weighted by Crippen LogP contribution is 2.26. The highest BCUT2D eigenvalue weighted by atomic mass is 32.2. The summed E-state index contributed by atoms with van der Waals surface area (Å²) in [5.41, 5.74) is 2.04. The molecule has 0 radical (unpaired) electrons. The fourth-order valence-electron chi connectivity index (χ4n) is 1.85. The fourth-order valence-corrected chi connectivity index (χ4v) is 2.97. The Bertz CT molecular complexity index is 676. The highest BCUT2D eigenvalue weighted by molar-refractivity contribution is 7.99. The van der Waals surface area contributed by atoms with Crippen LogP contribution in [-0.4, -0.2) is 38.4 Å². The molecule has 0 saturated carbocycles. The van der Waals surface area contributed by atoms with Crippen LogP contribution in [0.25, 0.3) is 11.0 Å². The summed E-state index contributed by atoms with van der Waals surface area (Å²) in [6.07, 6.45) is 2.02. The highest BCUT2D eigenvalue weighted by Gasteiger charge is 2.14. The summed E-state index contributed by atoms with van der Waals surface area (Å²) in [6, 6.07) is 7.58. The van der Waals surface area contributed by atoms with Gasteiger partial charge in [-0.15, -0.1) is 0 Å². The number of nitriles is 1. The van der Waals surface area contributed by atoms with E-state index in [-0.39, 0.29) is 5.75 Å². The molecule has 1 heterocycles. The first-order valence-corrected chi connectivity index (χ1v) is 8.28. The van der Waals surface area contributed by atoms with E-state index in [0.717, 1.165) is 17.8 Å². The molecule has 7 heteroatoms. The van der Waals surface area contributed by atoms with Crippen LogP contribution in [0.15, 0.2) is 23.4 Å². The Hall–Kier alpha value is -1.65. The lowest BCUT2D eigenvalue weighted by atomic mass is 10.2. The van der Waals surface area contributed by atoms with Crippen molar-refractivity contribution in [1.82, 2.24) is 9.55 Å². The fraction of sp³-hybridized carbons (Fsp3) is 0.308. The molecule has 20 heavy (non-hydrogen) atoms. The third kappa shape index (κ3) is 3.08. The Kier molecular flexibility index (Phi) is 4.93. The Morgan fingerprint density at radius 1 is 1.55 bits per heavy atom. The van der Waals surface area contributed by atoms with E-state index in [2.05, 4.69) is 11.1 Å². The van der Waals surface area contributed by atoms with Gasteiger partial charge >= 0.3 is 5.97 Å². The molecular weight excluding hydrogens is 294 g/mol. The lowest BCUT2D eigenvalue weighted by Crippen LogP contribution is -2.04. The SMILES string of the molecule is CSCCn1c(SCC(=O)O)nc2c(C#N)cccc21. The number of imidazole rings is 1. The number of carboxylic acids is 1.